The van der Waals surface area contributed by atoms with Gasteiger partial charge in [-0.15, -0.1) is 0 Å². The molecule has 1 aliphatic rings. The number of rotatable bonds is 3. The quantitative estimate of drug-likeness (QED) is 0.858. The summed E-state index contributed by atoms with van der Waals surface area (Å²) >= 11 is 0. The number of ether oxygens (including phenoxy) is 2. The average Bonchev–Trinajstić information content (AvgIpc) is 2.80. The lowest BCUT2D eigenvalue weighted by atomic mass is 10.2. The molecule has 1 heterocycles. The first-order chi connectivity index (χ1) is 8.94. The number of carbonyl (C=O) groups excluding carboxylic acids is 1. The first-order valence-electron chi connectivity index (χ1n) is 5.36. The van der Waals surface area contributed by atoms with Crippen molar-refractivity contribution >= 4 is 12.0 Å². The van der Waals surface area contributed by atoms with E-state index < -0.39 is 18.6 Å². The van der Waals surface area contributed by atoms with Crippen molar-refractivity contribution in [3.8, 4) is 11.5 Å². The average molecular weight is 273 g/mol. The number of fused-ring (bicyclic) bond motifs is 1. The molecule has 0 radical (unpaired) electrons. The molecule has 19 heavy (non-hydrogen) atoms. The van der Waals surface area contributed by atoms with E-state index in [4.69, 9.17) is 9.47 Å². The Labute approximate surface area is 106 Å². The van der Waals surface area contributed by atoms with Gasteiger partial charge in [0.1, 0.15) is 6.54 Å². The number of carbonyl (C=O) groups is 1. The van der Waals surface area contributed by atoms with Gasteiger partial charge in [0.25, 0.3) is 0 Å². The van der Waals surface area contributed by atoms with Crippen LogP contribution < -0.4 is 14.8 Å². The Balaban J connectivity index is 1.93. The molecule has 1 N–H and O–H groups in total. The second-order valence-corrected chi connectivity index (χ2v) is 3.78. The maximum Gasteiger partial charge on any atom is 0.405 e. The zero-order chi connectivity index (χ0) is 13.9. The van der Waals surface area contributed by atoms with Gasteiger partial charge in [0.2, 0.25) is 12.7 Å². The topological polar surface area (TPSA) is 47.6 Å². The molecular formula is C12H10F3NO3. The smallest absolute Gasteiger partial charge is 0.405 e. The fraction of sp³-hybridized carbons (Fsp3) is 0.250. The largest absolute Gasteiger partial charge is 0.454 e. The first-order valence-corrected chi connectivity index (χ1v) is 5.36. The molecule has 0 saturated heterocycles. The second-order valence-electron chi connectivity index (χ2n) is 3.78. The normalized spacial score (nSPS) is 13.8. The minimum atomic E-state index is -4.41. The molecular weight excluding hydrogens is 263 g/mol. The van der Waals surface area contributed by atoms with Gasteiger partial charge in [-0.05, 0) is 23.8 Å². The lowest BCUT2D eigenvalue weighted by Gasteiger charge is -2.05. The highest BCUT2D eigenvalue weighted by Crippen LogP contribution is 2.32. The number of alkyl halides is 3. The summed E-state index contributed by atoms with van der Waals surface area (Å²) in [6.07, 6.45) is -1.99. The number of nitrogens with one attached hydrogen (secondary N) is 1. The van der Waals surface area contributed by atoms with Crippen molar-refractivity contribution in [1.82, 2.24) is 5.32 Å². The van der Waals surface area contributed by atoms with Crippen LogP contribution in [0.4, 0.5) is 13.2 Å². The summed E-state index contributed by atoms with van der Waals surface area (Å²) in [6.45, 7) is -1.22. The van der Waals surface area contributed by atoms with Crippen LogP contribution in [0.2, 0.25) is 0 Å². The summed E-state index contributed by atoms with van der Waals surface area (Å²) in [4.78, 5) is 11.1. The Hall–Kier alpha value is -2.18. The molecule has 0 atom stereocenters. The standard InChI is InChI=1S/C12H10F3NO3/c13-12(14,15)6-16-11(17)4-2-8-1-3-9-10(5-8)19-7-18-9/h1-5H,6-7H2,(H,16,17)/b4-2+. The van der Waals surface area contributed by atoms with Gasteiger partial charge in [0, 0.05) is 6.08 Å². The maximum atomic E-state index is 11.9. The van der Waals surface area contributed by atoms with E-state index in [-0.39, 0.29) is 6.79 Å². The van der Waals surface area contributed by atoms with E-state index in [1.807, 2.05) is 0 Å². The van der Waals surface area contributed by atoms with Crippen LogP contribution in [-0.2, 0) is 4.79 Å². The summed E-state index contributed by atoms with van der Waals surface area (Å²) in [5.41, 5.74) is 0.631. The molecule has 0 aromatic heterocycles. The number of benzene rings is 1. The molecule has 1 aliphatic heterocycles. The van der Waals surface area contributed by atoms with E-state index in [2.05, 4.69) is 0 Å². The number of halogens is 3. The zero-order valence-corrected chi connectivity index (χ0v) is 9.66. The lowest BCUT2D eigenvalue weighted by Crippen LogP contribution is -2.32. The molecule has 1 aromatic rings. The van der Waals surface area contributed by atoms with E-state index in [0.29, 0.717) is 17.1 Å². The summed E-state index contributed by atoms with van der Waals surface area (Å²) in [7, 11) is 0. The highest BCUT2D eigenvalue weighted by Gasteiger charge is 2.27. The molecule has 0 unspecified atom stereocenters. The Morgan fingerprint density at radius 1 is 1.32 bits per heavy atom. The predicted octanol–water partition coefficient (Wildman–Crippen LogP) is 2.11. The van der Waals surface area contributed by atoms with Crippen molar-refractivity contribution in [3.63, 3.8) is 0 Å². The SMILES string of the molecule is O=C(/C=C/c1ccc2c(c1)OCO2)NCC(F)(F)F. The van der Waals surface area contributed by atoms with Crippen molar-refractivity contribution in [2.45, 2.75) is 6.18 Å². The zero-order valence-electron chi connectivity index (χ0n) is 9.66. The molecule has 0 spiro atoms. The number of hydrogen-bond acceptors (Lipinski definition) is 3. The molecule has 0 bridgehead atoms. The highest BCUT2D eigenvalue weighted by molar-refractivity contribution is 5.91. The molecule has 102 valence electrons. The third kappa shape index (κ3) is 3.90. The Bertz CT molecular complexity index is 511. The van der Waals surface area contributed by atoms with Crippen molar-refractivity contribution in [2.24, 2.45) is 0 Å². The Morgan fingerprint density at radius 3 is 2.79 bits per heavy atom. The summed E-state index contributed by atoms with van der Waals surface area (Å²) < 4.78 is 45.8. The minimum Gasteiger partial charge on any atom is -0.454 e. The van der Waals surface area contributed by atoms with Gasteiger partial charge >= 0.3 is 6.18 Å². The monoisotopic (exact) mass is 273 g/mol. The van der Waals surface area contributed by atoms with Gasteiger partial charge in [-0.2, -0.15) is 13.2 Å². The Kier molecular flexibility index (Phi) is 3.64. The molecule has 0 saturated carbocycles. The van der Waals surface area contributed by atoms with E-state index in [0.717, 1.165) is 6.08 Å². The van der Waals surface area contributed by atoms with Crippen molar-refractivity contribution in [3.05, 3.63) is 29.8 Å². The van der Waals surface area contributed by atoms with Crippen LogP contribution in [0.5, 0.6) is 11.5 Å². The van der Waals surface area contributed by atoms with Crippen LogP contribution in [-0.4, -0.2) is 25.4 Å². The van der Waals surface area contributed by atoms with Gasteiger partial charge in [-0.3, -0.25) is 4.79 Å². The fourth-order valence-corrected chi connectivity index (χ4v) is 1.43. The molecule has 7 heteroatoms. The van der Waals surface area contributed by atoms with Crippen LogP contribution in [0.1, 0.15) is 5.56 Å². The number of hydrogen-bond donors (Lipinski definition) is 1. The Morgan fingerprint density at radius 2 is 2.05 bits per heavy atom. The van der Waals surface area contributed by atoms with E-state index in [9.17, 15) is 18.0 Å². The minimum absolute atomic E-state index is 0.134. The van der Waals surface area contributed by atoms with Gasteiger partial charge < -0.3 is 14.8 Å². The molecule has 4 nitrogen and oxygen atoms in total. The van der Waals surface area contributed by atoms with E-state index >= 15 is 0 Å². The third-order valence-electron chi connectivity index (χ3n) is 2.29. The van der Waals surface area contributed by atoms with Crippen LogP contribution >= 0.6 is 0 Å². The number of amides is 1. The second kappa shape index (κ2) is 5.21. The highest BCUT2D eigenvalue weighted by atomic mass is 19.4. The molecule has 1 aromatic carbocycles. The van der Waals surface area contributed by atoms with Crippen LogP contribution in [0, 0.1) is 0 Å². The van der Waals surface area contributed by atoms with Crippen molar-refractivity contribution < 1.29 is 27.4 Å². The van der Waals surface area contributed by atoms with Crippen LogP contribution in [0.25, 0.3) is 6.08 Å². The van der Waals surface area contributed by atoms with E-state index in [1.165, 1.54) is 6.08 Å². The van der Waals surface area contributed by atoms with Gasteiger partial charge in [-0.25, -0.2) is 0 Å². The maximum absolute atomic E-state index is 11.9. The lowest BCUT2D eigenvalue weighted by molar-refractivity contribution is -0.135. The molecule has 2 rings (SSSR count). The summed E-state index contributed by atoms with van der Waals surface area (Å²) in [6, 6.07) is 4.96. The summed E-state index contributed by atoms with van der Waals surface area (Å²) in [5, 5.41) is 1.74. The van der Waals surface area contributed by atoms with Gasteiger partial charge in [0.15, 0.2) is 11.5 Å². The first kappa shape index (κ1) is 13.3. The predicted molar refractivity (Wildman–Crippen MR) is 60.7 cm³/mol. The van der Waals surface area contributed by atoms with Crippen LogP contribution in [0.3, 0.4) is 0 Å². The third-order valence-corrected chi connectivity index (χ3v) is 2.29. The fourth-order valence-electron chi connectivity index (χ4n) is 1.43. The molecule has 0 fully saturated rings. The summed E-state index contributed by atoms with van der Waals surface area (Å²) in [5.74, 6) is 0.325. The van der Waals surface area contributed by atoms with E-state index in [1.54, 1.807) is 23.5 Å². The van der Waals surface area contributed by atoms with Gasteiger partial charge in [0.05, 0.1) is 0 Å². The van der Waals surface area contributed by atoms with Crippen LogP contribution in [0.15, 0.2) is 24.3 Å². The van der Waals surface area contributed by atoms with Gasteiger partial charge in [-0.1, -0.05) is 6.07 Å². The molecule has 1 amide bonds. The molecule has 0 aliphatic carbocycles. The van der Waals surface area contributed by atoms with Crippen molar-refractivity contribution in [2.75, 3.05) is 13.3 Å². The van der Waals surface area contributed by atoms with Crippen molar-refractivity contribution in [1.29, 1.82) is 0 Å².